The topological polar surface area (TPSA) is 87.3 Å². The molecule has 1 fully saturated rings. The molecule has 2 amide bonds. The number of amides is 2. The highest BCUT2D eigenvalue weighted by Gasteiger charge is 2.23. The van der Waals surface area contributed by atoms with Gasteiger partial charge < -0.3 is 10.6 Å². The highest BCUT2D eigenvalue weighted by atomic mass is 32.2. The molecule has 1 aliphatic rings. The number of hydrogen-bond acceptors (Lipinski definition) is 3. The molecule has 0 aromatic carbocycles. The van der Waals surface area contributed by atoms with Gasteiger partial charge in [-0.3, -0.25) is 0 Å². The molecular weight excluding hydrogens is 206 g/mol. The fraction of sp³-hybridized carbons (Fsp3) is 0.857. The Balaban J connectivity index is 2.10. The third-order valence-electron chi connectivity index (χ3n) is 1.88. The van der Waals surface area contributed by atoms with E-state index in [4.69, 9.17) is 0 Å². The van der Waals surface area contributed by atoms with Gasteiger partial charge in [0.05, 0.1) is 5.75 Å². The predicted octanol–water partition coefficient (Wildman–Crippen LogP) is -1.00. The second-order valence-electron chi connectivity index (χ2n) is 3.20. The molecular formula is C7H15N3O3S. The van der Waals surface area contributed by atoms with E-state index in [1.54, 1.807) is 0 Å². The van der Waals surface area contributed by atoms with Gasteiger partial charge in [-0.1, -0.05) is 0 Å². The molecule has 6 nitrogen and oxygen atoms in total. The third kappa shape index (κ3) is 4.43. The Bertz CT molecular complexity index is 297. The van der Waals surface area contributed by atoms with Crippen LogP contribution in [0.2, 0.25) is 0 Å². The number of rotatable bonds is 5. The first kappa shape index (κ1) is 11.3. The van der Waals surface area contributed by atoms with Crippen molar-refractivity contribution in [2.75, 3.05) is 19.3 Å². The Labute approximate surface area is 83.5 Å². The van der Waals surface area contributed by atoms with E-state index in [0.29, 0.717) is 0 Å². The van der Waals surface area contributed by atoms with E-state index in [1.165, 1.54) is 7.05 Å². The third-order valence-corrected chi connectivity index (χ3v) is 3.24. The van der Waals surface area contributed by atoms with Crippen molar-refractivity contribution in [3.8, 4) is 0 Å². The van der Waals surface area contributed by atoms with Gasteiger partial charge in [0.25, 0.3) is 0 Å². The number of urea groups is 1. The average Bonchev–Trinajstić information content (AvgIpc) is 2.88. The lowest BCUT2D eigenvalue weighted by Gasteiger charge is -2.06. The Morgan fingerprint density at radius 1 is 1.43 bits per heavy atom. The van der Waals surface area contributed by atoms with E-state index < -0.39 is 10.0 Å². The van der Waals surface area contributed by atoms with Crippen molar-refractivity contribution in [1.29, 1.82) is 0 Å². The Hall–Kier alpha value is -0.820. The molecule has 0 aromatic rings. The van der Waals surface area contributed by atoms with Crippen LogP contribution in [0.5, 0.6) is 0 Å². The lowest BCUT2D eigenvalue weighted by molar-refractivity contribution is 0.241. The molecule has 14 heavy (non-hydrogen) atoms. The first-order valence-corrected chi connectivity index (χ1v) is 6.14. The zero-order chi connectivity index (χ0) is 10.6. The van der Waals surface area contributed by atoms with E-state index >= 15 is 0 Å². The molecule has 0 spiro atoms. The summed E-state index contributed by atoms with van der Waals surface area (Å²) in [6.07, 6.45) is 2.03. The van der Waals surface area contributed by atoms with Crippen LogP contribution in [-0.4, -0.2) is 39.8 Å². The summed E-state index contributed by atoms with van der Waals surface area (Å²) in [4.78, 5) is 11.0. The number of nitrogens with one attached hydrogen (secondary N) is 3. The molecule has 0 aliphatic heterocycles. The van der Waals surface area contributed by atoms with Crippen LogP contribution in [-0.2, 0) is 10.0 Å². The van der Waals surface area contributed by atoms with Gasteiger partial charge in [-0.2, -0.15) is 0 Å². The predicted molar refractivity (Wildman–Crippen MR) is 52.4 cm³/mol. The molecule has 0 unspecified atom stereocenters. The van der Waals surface area contributed by atoms with E-state index in [-0.39, 0.29) is 24.4 Å². The number of carbonyl (C=O) groups excluding carboxylic acids is 1. The summed E-state index contributed by atoms with van der Waals surface area (Å²) in [6, 6.07) is -0.00490. The van der Waals surface area contributed by atoms with Crippen molar-refractivity contribution in [1.82, 2.24) is 15.4 Å². The van der Waals surface area contributed by atoms with Gasteiger partial charge in [0.1, 0.15) is 0 Å². The zero-order valence-electron chi connectivity index (χ0n) is 8.04. The van der Waals surface area contributed by atoms with Gasteiger partial charge in [0, 0.05) is 12.6 Å². The van der Waals surface area contributed by atoms with Crippen LogP contribution in [0, 0.1) is 0 Å². The molecule has 0 bridgehead atoms. The minimum Gasteiger partial charge on any atom is -0.337 e. The van der Waals surface area contributed by atoms with Crippen LogP contribution in [0.15, 0.2) is 0 Å². The largest absolute Gasteiger partial charge is 0.337 e. The monoisotopic (exact) mass is 221 g/mol. The summed E-state index contributed by atoms with van der Waals surface area (Å²) >= 11 is 0. The molecule has 1 rings (SSSR count). The van der Waals surface area contributed by atoms with E-state index in [9.17, 15) is 13.2 Å². The average molecular weight is 221 g/mol. The molecule has 0 atom stereocenters. The molecule has 1 saturated carbocycles. The maximum atomic E-state index is 11.0. The van der Waals surface area contributed by atoms with Crippen molar-refractivity contribution in [3.05, 3.63) is 0 Å². The molecule has 1 aliphatic carbocycles. The summed E-state index contributed by atoms with van der Waals surface area (Å²) in [6.45, 7) is 0.127. The van der Waals surface area contributed by atoms with Gasteiger partial charge in [0.15, 0.2) is 0 Å². The molecule has 0 aromatic heterocycles. The van der Waals surface area contributed by atoms with Gasteiger partial charge in [0.2, 0.25) is 10.0 Å². The van der Waals surface area contributed by atoms with Crippen molar-refractivity contribution in [2.45, 2.75) is 18.9 Å². The highest BCUT2D eigenvalue weighted by molar-refractivity contribution is 7.89. The lowest BCUT2D eigenvalue weighted by Crippen LogP contribution is -2.40. The van der Waals surface area contributed by atoms with Gasteiger partial charge in [-0.05, 0) is 19.9 Å². The minimum atomic E-state index is -3.22. The van der Waals surface area contributed by atoms with Gasteiger partial charge >= 0.3 is 6.03 Å². The van der Waals surface area contributed by atoms with Crippen LogP contribution in [0.1, 0.15) is 12.8 Å². The van der Waals surface area contributed by atoms with Gasteiger partial charge in [-0.25, -0.2) is 17.9 Å². The van der Waals surface area contributed by atoms with Crippen LogP contribution >= 0.6 is 0 Å². The first-order valence-electron chi connectivity index (χ1n) is 4.49. The van der Waals surface area contributed by atoms with E-state index in [0.717, 1.165) is 12.8 Å². The molecule has 82 valence electrons. The molecule has 0 radical (unpaired) electrons. The van der Waals surface area contributed by atoms with E-state index in [1.807, 2.05) is 0 Å². The van der Waals surface area contributed by atoms with Crippen LogP contribution in [0.3, 0.4) is 0 Å². The van der Waals surface area contributed by atoms with Crippen molar-refractivity contribution in [3.63, 3.8) is 0 Å². The Morgan fingerprint density at radius 3 is 2.57 bits per heavy atom. The van der Waals surface area contributed by atoms with Crippen molar-refractivity contribution in [2.24, 2.45) is 0 Å². The van der Waals surface area contributed by atoms with Crippen LogP contribution in [0.25, 0.3) is 0 Å². The SMILES string of the molecule is CNS(=O)(=O)CCNC(=O)NC1CC1. The maximum absolute atomic E-state index is 11.0. The standard InChI is InChI=1S/C7H15N3O3S/c1-8-14(12,13)5-4-9-7(11)10-6-2-3-6/h6,8H,2-5H2,1H3,(H2,9,10,11). The Morgan fingerprint density at radius 2 is 2.07 bits per heavy atom. The fourth-order valence-corrected chi connectivity index (χ4v) is 1.44. The zero-order valence-corrected chi connectivity index (χ0v) is 8.86. The van der Waals surface area contributed by atoms with Gasteiger partial charge in [-0.15, -0.1) is 0 Å². The minimum absolute atomic E-state index is 0.0956. The van der Waals surface area contributed by atoms with Crippen LogP contribution in [0.4, 0.5) is 4.79 Å². The molecule has 7 heteroatoms. The van der Waals surface area contributed by atoms with Crippen molar-refractivity contribution >= 4 is 16.1 Å². The lowest BCUT2D eigenvalue weighted by atomic mass is 10.6. The molecule has 3 N–H and O–H groups in total. The summed E-state index contributed by atoms with van der Waals surface area (Å²) in [7, 11) is -1.87. The number of carbonyl (C=O) groups is 1. The summed E-state index contributed by atoms with van der Waals surface area (Å²) in [5.74, 6) is -0.0956. The smallest absolute Gasteiger partial charge is 0.315 e. The number of hydrogen-bond donors (Lipinski definition) is 3. The second-order valence-corrected chi connectivity index (χ2v) is 5.24. The second kappa shape index (κ2) is 4.61. The first-order chi connectivity index (χ1) is 6.53. The van der Waals surface area contributed by atoms with E-state index in [2.05, 4.69) is 15.4 Å². The molecule has 0 saturated heterocycles. The summed E-state index contributed by atoms with van der Waals surface area (Å²) in [5, 5.41) is 5.17. The molecule has 0 heterocycles. The fourth-order valence-electron chi connectivity index (χ4n) is 0.865. The summed E-state index contributed by atoms with van der Waals surface area (Å²) < 4.78 is 24.0. The highest BCUT2D eigenvalue weighted by Crippen LogP contribution is 2.17. The Kier molecular flexibility index (Phi) is 3.70. The van der Waals surface area contributed by atoms with Crippen molar-refractivity contribution < 1.29 is 13.2 Å². The quantitative estimate of drug-likeness (QED) is 0.556. The normalized spacial score (nSPS) is 16.4. The van der Waals surface area contributed by atoms with Crippen LogP contribution < -0.4 is 15.4 Å². The number of sulfonamides is 1. The maximum Gasteiger partial charge on any atom is 0.315 e. The summed E-state index contributed by atoms with van der Waals surface area (Å²) in [5.41, 5.74) is 0.